The Balaban J connectivity index is 1.62. The second-order valence-corrected chi connectivity index (χ2v) is 11.5. The van der Waals surface area contributed by atoms with Crippen molar-refractivity contribution < 1.29 is 14.3 Å². The molecule has 5 rings (SSSR count). The quantitative estimate of drug-likeness (QED) is 0.607. The molecule has 2 unspecified atom stereocenters. The van der Waals surface area contributed by atoms with Crippen LogP contribution >= 0.6 is 22.6 Å². The van der Waals surface area contributed by atoms with Crippen LogP contribution in [0.1, 0.15) is 58.1 Å². The molecule has 154 valence electrons. The highest BCUT2D eigenvalue weighted by molar-refractivity contribution is 14.1. The number of rotatable bonds is 5. The van der Waals surface area contributed by atoms with Gasteiger partial charge in [-0.2, -0.15) is 5.10 Å². The van der Waals surface area contributed by atoms with Crippen molar-refractivity contribution >= 4 is 34.6 Å². The van der Waals surface area contributed by atoms with Gasteiger partial charge in [0.15, 0.2) is 6.61 Å². The molecule has 0 saturated heterocycles. The normalized spacial score (nSPS) is 38.4. The van der Waals surface area contributed by atoms with Crippen LogP contribution in [-0.2, 0) is 16.1 Å². The van der Waals surface area contributed by atoms with Crippen molar-refractivity contribution in [3.8, 4) is 0 Å². The van der Waals surface area contributed by atoms with E-state index in [0.717, 1.165) is 25.8 Å². The SMILES string of the molecule is Cc1c(I)cnn1CC12CC3(C)CC(C)(C1)CC(NC(=O)COC(N)=O)(C3)C2. The number of ether oxygens (including phenoxy) is 1. The molecule has 0 aliphatic heterocycles. The van der Waals surface area contributed by atoms with Crippen LogP contribution in [-0.4, -0.2) is 33.9 Å². The summed E-state index contributed by atoms with van der Waals surface area (Å²) in [4.78, 5) is 23.4. The van der Waals surface area contributed by atoms with E-state index in [9.17, 15) is 9.59 Å². The predicted molar refractivity (Wildman–Crippen MR) is 112 cm³/mol. The molecular formula is C20H29IN4O3. The van der Waals surface area contributed by atoms with Crippen LogP contribution in [0.5, 0.6) is 0 Å². The highest BCUT2D eigenvalue weighted by Crippen LogP contribution is 2.71. The molecule has 4 aliphatic carbocycles. The molecule has 7 nitrogen and oxygen atoms in total. The highest BCUT2D eigenvalue weighted by Gasteiger charge is 2.66. The lowest BCUT2D eigenvalue weighted by molar-refractivity contribution is -0.175. The van der Waals surface area contributed by atoms with Gasteiger partial charge in [0.25, 0.3) is 5.91 Å². The number of halogens is 1. The third-order valence-electron chi connectivity index (χ3n) is 6.98. The standard InChI is InChI=1S/C20H29IN4O3/c1-13-14(21)4-23-25(13)12-19-7-17(2)6-18(3,8-19)10-20(9-17,11-19)24-15(26)5-28-16(22)27/h4H,5-12H2,1-3H3,(H2,22,27)(H,24,26). The van der Waals surface area contributed by atoms with E-state index in [2.05, 4.69) is 58.5 Å². The van der Waals surface area contributed by atoms with E-state index in [1.807, 2.05) is 6.20 Å². The second-order valence-electron chi connectivity index (χ2n) is 10.4. The molecule has 2 atom stereocenters. The Morgan fingerprint density at radius 2 is 1.86 bits per heavy atom. The summed E-state index contributed by atoms with van der Waals surface area (Å²) in [5.41, 5.74) is 6.51. The predicted octanol–water partition coefficient (Wildman–Crippen LogP) is 3.13. The minimum Gasteiger partial charge on any atom is -0.440 e. The van der Waals surface area contributed by atoms with E-state index in [1.165, 1.54) is 28.5 Å². The maximum Gasteiger partial charge on any atom is 0.405 e. The number of carbonyl (C=O) groups excluding carboxylic acids is 2. The largest absolute Gasteiger partial charge is 0.440 e. The van der Waals surface area contributed by atoms with Gasteiger partial charge in [-0.15, -0.1) is 0 Å². The first-order chi connectivity index (χ1) is 13.0. The van der Waals surface area contributed by atoms with Gasteiger partial charge >= 0.3 is 6.09 Å². The number of carbonyl (C=O) groups is 2. The maximum absolute atomic E-state index is 12.5. The number of primary amides is 1. The van der Waals surface area contributed by atoms with Crippen molar-refractivity contribution in [2.45, 2.75) is 71.4 Å². The van der Waals surface area contributed by atoms with Gasteiger partial charge < -0.3 is 15.8 Å². The van der Waals surface area contributed by atoms with Crippen LogP contribution < -0.4 is 11.1 Å². The number of nitrogens with one attached hydrogen (secondary N) is 1. The summed E-state index contributed by atoms with van der Waals surface area (Å²) >= 11 is 2.33. The molecule has 4 aliphatic rings. The summed E-state index contributed by atoms with van der Waals surface area (Å²) in [6, 6.07) is 0. The van der Waals surface area contributed by atoms with Crippen molar-refractivity contribution in [3.05, 3.63) is 15.5 Å². The first-order valence-electron chi connectivity index (χ1n) is 9.87. The van der Waals surface area contributed by atoms with Crippen LogP contribution in [0.25, 0.3) is 0 Å². The Morgan fingerprint density at radius 1 is 1.21 bits per heavy atom. The summed E-state index contributed by atoms with van der Waals surface area (Å²) in [6.07, 6.45) is 7.46. The van der Waals surface area contributed by atoms with Gasteiger partial charge in [0.05, 0.1) is 9.77 Å². The van der Waals surface area contributed by atoms with Gasteiger partial charge in [0, 0.05) is 17.8 Å². The van der Waals surface area contributed by atoms with Crippen LogP contribution in [0.15, 0.2) is 6.20 Å². The molecule has 0 aromatic carbocycles. The summed E-state index contributed by atoms with van der Waals surface area (Å²) in [5, 5.41) is 7.88. The Bertz CT molecular complexity index is 817. The lowest BCUT2D eigenvalue weighted by Gasteiger charge is -2.69. The van der Waals surface area contributed by atoms with Crippen LogP contribution in [0.3, 0.4) is 0 Å². The molecule has 4 saturated carbocycles. The van der Waals surface area contributed by atoms with E-state index in [0.29, 0.717) is 0 Å². The van der Waals surface area contributed by atoms with Gasteiger partial charge in [0.2, 0.25) is 0 Å². The maximum atomic E-state index is 12.5. The molecular weight excluding hydrogens is 471 g/mol. The average molecular weight is 500 g/mol. The summed E-state index contributed by atoms with van der Waals surface area (Å²) in [5.74, 6) is -0.257. The van der Waals surface area contributed by atoms with Gasteiger partial charge in [-0.1, -0.05) is 13.8 Å². The molecule has 4 bridgehead atoms. The first-order valence-corrected chi connectivity index (χ1v) is 10.9. The molecule has 4 fully saturated rings. The number of nitrogens with zero attached hydrogens (tertiary/aromatic N) is 2. The Morgan fingerprint density at radius 3 is 2.39 bits per heavy atom. The van der Waals surface area contributed by atoms with Crippen molar-refractivity contribution in [3.63, 3.8) is 0 Å². The molecule has 0 radical (unpaired) electrons. The molecule has 0 spiro atoms. The second kappa shape index (κ2) is 6.34. The van der Waals surface area contributed by atoms with E-state index in [-0.39, 0.29) is 34.3 Å². The molecule has 1 aromatic heterocycles. The Hall–Kier alpha value is -1.32. The monoisotopic (exact) mass is 500 g/mol. The first kappa shape index (κ1) is 20.0. The smallest absolute Gasteiger partial charge is 0.405 e. The van der Waals surface area contributed by atoms with Crippen molar-refractivity contribution in [1.29, 1.82) is 0 Å². The van der Waals surface area contributed by atoms with E-state index >= 15 is 0 Å². The van der Waals surface area contributed by atoms with E-state index in [1.54, 1.807) is 0 Å². The number of aromatic nitrogens is 2. The molecule has 8 heteroatoms. The van der Waals surface area contributed by atoms with Gasteiger partial charge in [-0.05, 0) is 84.3 Å². The van der Waals surface area contributed by atoms with Crippen LogP contribution in [0.4, 0.5) is 4.79 Å². The Labute approximate surface area is 179 Å². The van der Waals surface area contributed by atoms with E-state index < -0.39 is 6.09 Å². The fraction of sp³-hybridized carbons (Fsp3) is 0.750. The summed E-state index contributed by atoms with van der Waals surface area (Å²) < 4.78 is 8.05. The lowest BCUT2D eigenvalue weighted by atomic mass is 9.38. The van der Waals surface area contributed by atoms with Gasteiger partial charge in [0.1, 0.15) is 0 Å². The lowest BCUT2D eigenvalue weighted by Crippen LogP contribution is -2.69. The molecule has 2 amide bonds. The molecule has 28 heavy (non-hydrogen) atoms. The zero-order chi connectivity index (χ0) is 20.4. The number of hydrogen-bond donors (Lipinski definition) is 2. The number of hydrogen-bond acceptors (Lipinski definition) is 4. The minimum absolute atomic E-state index is 0.121. The fourth-order valence-electron chi connectivity index (χ4n) is 7.61. The number of nitrogens with two attached hydrogens (primary N) is 1. The van der Waals surface area contributed by atoms with E-state index in [4.69, 9.17) is 10.5 Å². The third-order valence-corrected chi connectivity index (χ3v) is 8.04. The topological polar surface area (TPSA) is 99.2 Å². The van der Waals surface area contributed by atoms with Gasteiger partial charge in [-0.25, -0.2) is 4.79 Å². The van der Waals surface area contributed by atoms with Crippen LogP contribution in [0, 0.1) is 26.7 Å². The number of amides is 2. The molecule has 1 heterocycles. The average Bonchev–Trinajstić information content (AvgIpc) is 2.80. The third kappa shape index (κ3) is 3.52. The summed E-state index contributed by atoms with van der Waals surface area (Å²) in [7, 11) is 0. The van der Waals surface area contributed by atoms with Gasteiger partial charge in [-0.3, -0.25) is 9.48 Å². The zero-order valence-electron chi connectivity index (χ0n) is 16.8. The minimum atomic E-state index is -0.917. The fourth-order valence-corrected chi connectivity index (χ4v) is 8.02. The Kier molecular flexibility index (Phi) is 4.52. The molecule has 1 aromatic rings. The summed E-state index contributed by atoms with van der Waals surface area (Å²) in [6.45, 7) is 7.45. The van der Waals surface area contributed by atoms with Crippen LogP contribution in [0.2, 0.25) is 0 Å². The van der Waals surface area contributed by atoms with Crippen molar-refractivity contribution in [2.75, 3.05) is 6.61 Å². The van der Waals surface area contributed by atoms with Crippen molar-refractivity contribution in [1.82, 2.24) is 15.1 Å². The zero-order valence-corrected chi connectivity index (χ0v) is 19.0. The highest BCUT2D eigenvalue weighted by atomic mass is 127. The molecule has 3 N–H and O–H groups in total. The van der Waals surface area contributed by atoms with Crippen molar-refractivity contribution in [2.24, 2.45) is 22.0 Å².